The van der Waals surface area contributed by atoms with E-state index in [2.05, 4.69) is 15.0 Å². The molecule has 7 nitrogen and oxygen atoms in total. The van der Waals surface area contributed by atoms with Crippen LogP contribution in [-0.4, -0.2) is 49.6 Å². The van der Waals surface area contributed by atoms with Crippen LogP contribution in [0.1, 0.15) is 43.2 Å². The second-order valence-electron chi connectivity index (χ2n) is 6.96. The fourth-order valence-corrected chi connectivity index (χ4v) is 4.55. The molecule has 3 aromatic rings. The number of likely N-dealkylation sites (tertiary alicyclic amines) is 1. The van der Waals surface area contributed by atoms with E-state index in [1.54, 1.807) is 0 Å². The third-order valence-electron chi connectivity index (χ3n) is 4.65. The average Bonchev–Trinajstić information content (AvgIpc) is 3.21. The minimum absolute atomic E-state index is 0.0777. The minimum atomic E-state index is -0.178. The number of aromatic hydroxyl groups is 1. The molecule has 0 spiro atoms. The molecule has 0 bridgehead atoms. The van der Waals surface area contributed by atoms with E-state index >= 15 is 0 Å². The number of benzene rings is 1. The first-order valence-electron chi connectivity index (χ1n) is 9.06. The van der Waals surface area contributed by atoms with Gasteiger partial charge in [-0.1, -0.05) is 23.5 Å². The first-order valence-corrected chi connectivity index (χ1v) is 9.88. The Morgan fingerprint density at radius 1 is 1.26 bits per heavy atom. The summed E-state index contributed by atoms with van der Waals surface area (Å²) in [5, 5.41) is 14.9. The molecular weight excluding hydrogens is 364 g/mol. The number of carbonyl (C=O) groups is 1. The van der Waals surface area contributed by atoms with Gasteiger partial charge in [-0.15, -0.1) is 0 Å². The highest BCUT2D eigenvalue weighted by atomic mass is 32.1. The Kier molecular flexibility index (Phi) is 4.84. The zero-order valence-electron chi connectivity index (χ0n) is 15.3. The van der Waals surface area contributed by atoms with Gasteiger partial charge in [-0.3, -0.25) is 9.69 Å². The van der Waals surface area contributed by atoms with Crippen molar-refractivity contribution in [2.24, 2.45) is 0 Å². The van der Waals surface area contributed by atoms with Gasteiger partial charge < -0.3 is 9.84 Å². The molecule has 4 rings (SSSR count). The van der Waals surface area contributed by atoms with Gasteiger partial charge in [0.15, 0.2) is 0 Å². The van der Waals surface area contributed by atoms with E-state index in [4.69, 9.17) is 4.74 Å². The third kappa shape index (κ3) is 3.54. The standard InChI is InChI=1S/C19H22N4O3S/c1-12(2)26-15-5-3-4-13(10-15)16(22-8-6-14(24)7-9-22)17-18(25)23-19(27-17)20-11-21-23/h3-5,10-12,16,25H,6-9H2,1-2H3. The fourth-order valence-electron chi connectivity index (χ4n) is 3.46. The zero-order chi connectivity index (χ0) is 19.0. The Balaban J connectivity index is 1.77. The van der Waals surface area contributed by atoms with Crippen molar-refractivity contribution < 1.29 is 14.6 Å². The van der Waals surface area contributed by atoms with Gasteiger partial charge in [0.25, 0.3) is 0 Å². The van der Waals surface area contributed by atoms with Gasteiger partial charge in [0.1, 0.15) is 17.9 Å². The van der Waals surface area contributed by atoms with Crippen LogP contribution in [0, 0.1) is 0 Å². The second-order valence-corrected chi connectivity index (χ2v) is 7.97. The summed E-state index contributed by atoms with van der Waals surface area (Å²) in [6.45, 7) is 5.30. The van der Waals surface area contributed by atoms with Gasteiger partial charge in [0.05, 0.1) is 17.0 Å². The summed E-state index contributed by atoms with van der Waals surface area (Å²) in [6, 6.07) is 7.76. The van der Waals surface area contributed by atoms with Gasteiger partial charge in [-0.05, 0) is 31.5 Å². The van der Waals surface area contributed by atoms with E-state index < -0.39 is 0 Å². The monoisotopic (exact) mass is 386 g/mol. The molecule has 1 N–H and O–H groups in total. The molecule has 2 aromatic heterocycles. The summed E-state index contributed by atoms with van der Waals surface area (Å²) in [6.07, 6.45) is 2.57. The summed E-state index contributed by atoms with van der Waals surface area (Å²) in [7, 11) is 0. The first-order chi connectivity index (χ1) is 13.0. The van der Waals surface area contributed by atoms with Crippen molar-refractivity contribution in [3.05, 3.63) is 41.0 Å². The number of ether oxygens (including phenoxy) is 1. The van der Waals surface area contributed by atoms with Gasteiger partial charge in [-0.25, -0.2) is 4.98 Å². The number of hydrogen-bond donors (Lipinski definition) is 1. The maximum atomic E-state index is 11.7. The predicted octanol–water partition coefficient (Wildman–Crippen LogP) is 3.04. The lowest BCUT2D eigenvalue weighted by Gasteiger charge is -2.34. The third-order valence-corrected chi connectivity index (χ3v) is 5.74. The molecule has 1 saturated heterocycles. The molecule has 27 heavy (non-hydrogen) atoms. The summed E-state index contributed by atoms with van der Waals surface area (Å²) < 4.78 is 7.31. The molecule has 1 unspecified atom stereocenters. The molecular formula is C19H22N4O3S. The summed E-state index contributed by atoms with van der Waals surface area (Å²) in [4.78, 5) is 19.6. The number of thiazole rings is 1. The number of hydrogen-bond acceptors (Lipinski definition) is 7. The van der Waals surface area contributed by atoms with E-state index in [0.29, 0.717) is 30.9 Å². The molecule has 0 aliphatic carbocycles. The van der Waals surface area contributed by atoms with Crippen LogP contribution < -0.4 is 4.74 Å². The number of aromatic nitrogens is 3. The SMILES string of the molecule is CC(C)Oc1cccc(C(c2sc3ncnn3c2O)N2CCC(=O)CC2)c1. The molecule has 1 fully saturated rings. The smallest absolute Gasteiger partial charge is 0.230 e. The van der Waals surface area contributed by atoms with Crippen molar-refractivity contribution in [2.75, 3.05) is 13.1 Å². The Bertz CT molecular complexity index is 955. The van der Waals surface area contributed by atoms with E-state index in [9.17, 15) is 9.90 Å². The van der Waals surface area contributed by atoms with Crippen LogP contribution in [0.3, 0.4) is 0 Å². The molecule has 0 saturated carbocycles. The molecule has 1 aliphatic rings. The summed E-state index contributed by atoms with van der Waals surface area (Å²) in [5.41, 5.74) is 1.02. The van der Waals surface area contributed by atoms with Gasteiger partial charge in [0.2, 0.25) is 10.8 Å². The van der Waals surface area contributed by atoms with Crippen molar-refractivity contribution >= 4 is 22.1 Å². The number of Topliss-reactive ketones (excluding diaryl/α,β-unsaturated/α-hetero) is 1. The lowest BCUT2D eigenvalue weighted by atomic mass is 9.99. The zero-order valence-corrected chi connectivity index (χ0v) is 16.1. The number of rotatable bonds is 5. The lowest BCUT2D eigenvalue weighted by Crippen LogP contribution is -2.37. The number of piperidine rings is 1. The molecule has 1 aromatic carbocycles. The van der Waals surface area contributed by atoms with Crippen LogP contribution in [0.15, 0.2) is 30.6 Å². The van der Waals surface area contributed by atoms with E-state index in [1.807, 2.05) is 38.1 Å². The highest BCUT2D eigenvalue weighted by Crippen LogP contribution is 2.41. The molecule has 1 aliphatic heterocycles. The summed E-state index contributed by atoms with van der Waals surface area (Å²) >= 11 is 1.42. The van der Waals surface area contributed by atoms with Crippen molar-refractivity contribution in [1.82, 2.24) is 19.5 Å². The fraction of sp³-hybridized carbons (Fsp3) is 0.421. The Morgan fingerprint density at radius 3 is 2.74 bits per heavy atom. The Morgan fingerprint density at radius 2 is 2.04 bits per heavy atom. The highest BCUT2D eigenvalue weighted by Gasteiger charge is 2.31. The number of carbonyl (C=O) groups excluding carboxylic acids is 1. The Labute approximate surface area is 161 Å². The van der Waals surface area contributed by atoms with Gasteiger partial charge in [0, 0.05) is 25.9 Å². The van der Waals surface area contributed by atoms with Crippen molar-refractivity contribution in [2.45, 2.75) is 38.8 Å². The van der Waals surface area contributed by atoms with Crippen LogP contribution in [0.5, 0.6) is 11.6 Å². The van der Waals surface area contributed by atoms with Crippen LogP contribution >= 0.6 is 11.3 Å². The van der Waals surface area contributed by atoms with E-state index in [1.165, 1.54) is 22.2 Å². The molecule has 1 atom stereocenters. The molecule has 0 amide bonds. The lowest BCUT2D eigenvalue weighted by molar-refractivity contribution is -0.121. The van der Waals surface area contributed by atoms with Crippen LogP contribution in [0.4, 0.5) is 0 Å². The minimum Gasteiger partial charge on any atom is -0.492 e. The predicted molar refractivity (Wildman–Crippen MR) is 102 cm³/mol. The van der Waals surface area contributed by atoms with E-state index in [0.717, 1.165) is 16.2 Å². The number of nitrogens with zero attached hydrogens (tertiary/aromatic N) is 4. The highest BCUT2D eigenvalue weighted by molar-refractivity contribution is 7.17. The molecule has 0 radical (unpaired) electrons. The number of ketones is 1. The Hall–Kier alpha value is -2.45. The molecule has 142 valence electrons. The normalized spacial score (nSPS) is 16.9. The average molecular weight is 386 g/mol. The maximum absolute atomic E-state index is 11.7. The van der Waals surface area contributed by atoms with Crippen molar-refractivity contribution in [3.8, 4) is 11.6 Å². The van der Waals surface area contributed by atoms with Crippen LogP contribution in [-0.2, 0) is 4.79 Å². The van der Waals surface area contributed by atoms with Crippen molar-refractivity contribution in [1.29, 1.82) is 0 Å². The first kappa shape index (κ1) is 17.9. The number of fused-ring (bicyclic) bond motifs is 1. The second kappa shape index (κ2) is 7.28. The van der Waals surface area contributed by atoms with Crippen LogP contribution in [0.2, 0.25) is 0 Å². The summed E-state index contributed by atoms with van der Waals surface area (Å²) in [5.74, 6) is 1.18. The molecule has 3 heterocycles. The topological polar surface area (TPSA) is 80.0 Å². The van der Waals surface area contributed by atoms with E-state index in [-0.39, 0.29) is 23.8 Å². The van der Waals surface area contributed by atoms with Gasteiger partial charge in [-0.2, -0.15) is 9.61 Å². The quantitative estimate of drug-likeness (QED) is 0.726. The largest absolute Gasteiger partial charge is 0.492 e. The maximum Gasteiger partial charge on any atom is 0.230 e. The van der Waals surface area contributed by atoms with Crippen LogP contribution in [0.25, 0.3) is 4.96 Å². The van der Waals surface area contributed by atoms with Crippen molar-refractivity contribution in [3.63, 3.8) is 0 Å². The van der Waals surface area contributed by atoms with Gasteiger partial charge >= 0.3 is 0 Å². The molecule has 8 heteroatoms.